The van der Waals surface area contributed by atoms with Crippen LogP contribution < -0.4 is 5.32 Å². The molecule has 0 saturated carbocycles. The van der Waals surface area contributed by atoms with Crippen molar-refractivity contribution >= 4 is 33.5 Å². The van der Waals surface area contributed by atoms with Crippen LogP contribution >= 0.6 is 0 Å². The lowest BCUT2D eigenvalue weighted by Crippen LogP contribution is -2.27. The Bertz CT molecular complexity index is 1720. The van der Waals surface area contributed by atoms with Crippen LogP contribution in [0, 0.1) is 5.41 Å². The molecule has 6 aromatic rings. The average Bonchev–Trinajstić information content (AvgIpc) is 3.62. The lowest BCUT2D eigenvalue weighted by Gasteiger charge is -2.17. The van der Waals surface area contributed by atoms with Crippen LogP contribution in [0.4, 0.5) is 5.69 Å². The second kappa shape index (κ2) is 8.12. The highest BCUT2D eigenvalue weighted by molar-refractivity contribution is 5.98. The molecule has 0 fully saturated rings. The first-order valence-corrected chi connectivity index (χ1v) is 11.3. The van der Waals surface area contributed by atoms with E-state index >= 15 is 0 Å². The molecule has 0 aliphatic heterocycles. The largest absolute Gasteiger partial charge is 0.472 e. The second-order valence-electron chi connectivity index (χ2n) is 9.53. The fourth-order valence-corrected chi connectivity index (χ4v) is 3.90. The molecule has 6 heterocycles. The van der Waals surface area contributed by atoms with E-state index in [0.29, 0.717) is 22.9 Å². The van der Waals surface area contributed by atoms with Gasteiger partial charge in [0.25, 0.3) is 0 Å². The van der Waals surface area contributed by atoms with Gasteiger partial charge < -0.3 is 14.7 Å². The number of imidazole rings is 1. The smallest absolute Gasteiger partial charge is 0.229 e. The summed E-state index contributed by atoms with van der Waals surface area (Å²) in [5, 5.41) is 11.3. The van der Waals surface area contributed by atoms with Gasteiger partial charge in [0.2, 0.25) is 5.91 Å². The highest BCUT2D eigenvalue weighted by Crippen LogP contribution is 2.32. The molecule has 6 rings (SSSR count). The van der Waals surface area contributed by atoms with Crippen LogP contribution in [-0.2, 0) is 4.79 Å². The highest BCUT2D eigenvalue weighted by Gasteiger charge is 2.22. The molecular weight excluding hydrogens is 456 g/mol. The molecule has 0 aliphatic carbocycles. The first-order valence-electron chi connectivity index (χ1n) is 11.3. The number of rotatable bonds is 4. The lowest BCUT2D eigenvalue weighted by molar-refractivity contribution is -0.123. The Kier molecular flexibility index (Phi) is 4.89. The number of hydrogen-bond acceptors (Lipinski definition) is 7. The third-order valence-electron chi connectivity index (χ3n) is 5.87. The number of pyridine rings is 3. The zero-order chi connectivity index (χ0) is 24.9. The third-order valence-corrected chi connectivity index (χ3v) is 5.87. The van der Waals surface area contributed by atoms with Crippen LogP contribution in [0.5, 0.6) is 0 Å². The maximum atomic E-state index is 12.4. The fourth-order valence-electron chi connectivity index (χ4n) is 3.90. The van der Waals surface area contributed by atoms with Gasteiger partial charge in [-0.15, -0.1) is 0 Å². The van der Waals surface area contributed by atoms with Crippen LogP contribution in [0.1, 0.15) is 20.8 Å². The van der Waals surface area contributed by atoms with E-state index in [2.05, 4.69) is 35.5 Å². The number of carbonyl (C=O) groups is 1. The van der Waals surface area contributed by atoms with Crippen LogP contribution in [0.15, 0.2) is 66.1 Å². The molecule has 3 N–H and O–H groups in total. The van der Waals surface area contributed by atoms with Crippen molar-refractivity contribution in [2.75, 3.05) is 5.32 Å². The summed E-state index contributed by atoms with van der Waals surface area (Å²) in [5.41, 5.74) is 6.33. The Morgan fingerprint density at radius 3 is 2.67 bits per heavy atom. The van der Waals surface area contributed by atoms with Gasteiger partial charge in [-0.05, 0) is 18.2 Å². The van der Waals surface area contributed by atoms with Gasteiger partial charge in [-0.25, -0.2) is 4.98 Å². The molecule has 36 heavy (non-hydrogen) atoms. The van der Waals surface area contributed by atoms with E-state index in [1.54, 1.807) is 43.5 Å². The first kappa shape index (κ1) is 21.7. The number of carbonyl (C=O) groups excluding carboxylic acids is 1. The number of hydrogen-bond donors (Lipinski definition) is 3. The molecule has 0 radical (unpaired) electrons. The number of fused-ring (bicyclic) bond motifs is 2. The summed E-state index contributed by atoms with van der Waals surface area (Å²) in [4.78, 5) is 33.8. The Morgan fingerprint density at radius 1 is 1.00 bits per heavy atom. The minimum Gasteiger partial charge on any atom is -0.472 e. The van der Waals surface area contributed by atoms with Crippen LogP contribution in [-0.4, -0.2) is 41.0 Å². The van der Waals surface area contributed by atoms with Gasteiger partial charge in [-0.1, -0.05) is 20.8 Å². The van der Waals surface area contributed by atoms with Crippen molar-refractivity contribution in [2.24, 2.45) is 5.41 Å². The number of H-pyrrole nitrogens is 2. The normalized spacial score (nSPS) is 11.9. The van der Waals surface area contributed by atoms with Gasteiger partial charge in [0.05, 0.1) is 53.5 Å². The number of nitrogens with zero attached hydrogens (tertiary/aromatic N) is 5. The summed E-state index contributed by atoms with van der Waals surface area (Å²) in [6.07, 6.45) is 11.8. The minimum atomic E-state index is -0.515. The number of aromatic amines is 2. The topological polar surface area (TPSA) is 138 Å². The van der Waals surface area contributed by atoms with Gasteiger partial charge in [0.1, 0.15) is 11.2 Å². The Morgan fingerprint density at radius 2 is 1.86 bits per heavy atom. The van der Waals surface area contributed by atoms with Gasteiger partial charge >= 0.3 is 0 Å². The number of aromatic nitrogens is 7. The van der Waals surface area contributed by atoms with E-state index in [-0.39, 0.29) is 5.91 Å². The average molecular weight is 479 g/mol. The molecule has 10 nitrogen and oxygen atoms in total. The monoisotopic (exact) mass is 478 g/mol. The van der Waals surface area contributed by atoms with Crippen LogP contribution in [0.25, 0.3) is 55.8 Å². The maximum absolute atomic E-state index is 12.4. The summed E-state index contributed by atoms with van der Waals surface area (Å²) < 4.78 is 5.24. The molecular formula is C26H22N8O2. The van der Waals surface area contributed by atoms with E-state index in [9.17, 15) is 4.79 Å². The molecule has 1 amide bonds. The molecule has 0 aliphatic rings. The van der Waals surface area contributed by atoms with Crippen molar-refractivity contribution in [2.45, 2.75) is 20.8 Å². The van der Waals surface area contributed by atoms with Crippen LogP contribution in [0.3, 0.4) is 0 Å². The summed E-state index contributed by atoms with van der Waals surface area (Å²) in [7, 11) is 0. The second-order valence-corrected chi connectivity index (χ2v) is 9.53. The predicted octanol–water partition coefficient (Wildman–Crippen LogP) is 5.20. The van der Waals surface area contributed by atoms with Crippen molar-refractivity contribution in [3.8, 4) is 33.9 Å². The SMILES string of the molecule is CC(C)(C)C(=O)Nc1cncc(-c2cc3c(-c4nc5c(-c6ccoc6)cncc5[nH]4)n[nH]c3cn2)c1. The predicted molar refractivity (Wildman–Crippen MR) is 136 cm³/mol. The molecule has 0 unspecified atom stereocenters. The first-order chi connectivity index (χ1) is 17.4. The molecule has 0 bridgehead atoms. The molecule has 0 saturated heterocycles. The van der Waals surface area contributed by atoms with E-state index in [4.69, 9.17) is 9.40 Å². The van der Waals surface area contributed by atoms with E-state index in [1.165, 1.54) is 0 Å². The van der Waals surface area contributed by atoms with E-state index in [0.717, 1.165) is 38.6 Å². The van der Waals surface area contributed by atoms with Crippen LogP contribution in [0.2, 0.25) is 0 Å². The highest BCUT2D eigenvalue weighted by atomic mass is 16.3. The summed E-state index contributed by atoms with van der Waals surface area (Å²) >= 11 is 0. The molecule has 0 aromatic carbocycles. The number of amides is 1. The molecule has 0 atom stereocenters. The molecule has 178 valence electrons. The molecule has 6 aromatic heterocycles. The zero-order valence-corrected chi connectivity index (χ0v) is 19.8. The Labute approximate surface area is 205 Å². The summed E-state index contributed by atoms with van der Waals surface area (Å²) in [6, 6.07) is 5.66. The standard InChI is InChI=1S/C26H22N8O2/c1-26(2,3)25(35)30-16-6-15(8-27-9-16)19-7-17-20(12-29-19)33-34-23(17)24-31-21-11-28-10-18(22(21)32-24)14-4-5-36-13-14/h4-13H,1-3H3,(H,30,35)(H,31,32)(H,33,34). The van der Waals surface area contributed by atoms with Crippen molar-refractivity contribution in [1.29, 1.82) is 0 Å². The Hall–Kier alpha value is -4.86. The number of nitrogens with one attached hydrogen (secondary N) is 3. The number of anilines is 1. The van der Waals surface area contributed by atoms with Crippen molar-refractivity contribution < 1.29 is 9.21 Å². The maximum Gasteiger partial charge on any atom is 0.229 e. The molecule has 0 spiro atoms. The lowest BCUT2D eigenvalue weighted by atomic mass is 9.95. The summed E-state index contributed by atoms with van der Waals surface area (Å²) in [5.74, 6) is 0.520. The number of furan rings is 1. The van der Waals surface area contributed by atoms with E-state index in [1.807, 2.05) is 39.0 Å². The zero-order valence-electron chi connectivity index (χ0n) is 19.8. The van der Waals surface area contributed by atoms with Gasteiger partial charge in [0.15, 0.2) is 5.82 Å². The fraction of sp³-hybridized carbons (Fsp3) is 0.154. The van der Waals surface area contributed by atoms with Gasteiger partial charge in [0, 0.05) is 39.9 Å². The van der Waals surface area contributed by atoms with Crippen molar-refractivity contribution in [3.63, 3.8) is 0 Å². The van der Waals surface area contributed by atoms with Crippen molar-refractivity contribution in [1.82, 2.24) is 35.1 Å². The van der Waals surface area contributed by atoms with Gasteiger partial charge in [-0.2, -0.15) is 5.10 Å². The Balaban J connectivity index is 1.40. The van der Waals surface area contributed by atoms with Crippen molar-refractivity contribution in [3.05, 3.63) is 61.7 Å². The quantitative estimate of drug-likeness (QED) is 0.316. The third kappa shape index (κ3) is 3.78. The minimum absolute atomic E-state index is 0.0869. The molecule has 10 heteroatoms. The van der Waals surface area contributed by atoms with Gasteiger partial charge in [-0.3, -0.25) is 24.8 Å². The summed E-state index contributed by atoms with van der Waals surface area (Å²) in [6.45, 7) is 5.59. The van der Waals surface area contributed by atoms with E-state index < -0.39 is 5.41 Å².